The van der Waals surface area contributed by atoms with Gasteiger partial charge in [0.1, 0.15) is 36.1 Å². The lowest BCUT2D eigenvalue weighted by Gasteiger charge is -2.27. The monoisotopic (exact) mass is 784 g/mol. The number of halogens is 1. The molecule has 3 aromatic carbocycles. The van der Waals surface area contributed by atoms with Gasteiger partial charge in [0.2, 0.25) is 0 Å². The number of ether oxygens (including phenoxy) is 2. The lowest BCUT2D eigenvalue weighted by molar-refractivity contribution is 0.0755. The lowest BCUT2D eigenvalue weighted by Crippen LogP contribution is -2.25. The maximum atomic E-state index is 10.2. The molecule has 2 heterocycles. The van der Waals surface area contributed by atoms with Gasteiger partial charge in [-0.05, 0) is 91.9 Å². The number of benzene rings is 3. The van der Waals surface area contributed by atoms with Crippen LogP contribution in [0, 0.1) is 34.0 Å². The topological polar surface area (TPSA) is 113 Å². The van der Waals surface area contributed by atoms with Crippen molar-refractivity contribution < 1.29 is 14.6 Å². The van der Waals surface area contributed by atoms with Crippen LogP contribution in [0.25, 0.3) is 18.2 Å². The number of nitrogens with zero attached hydrogens (tertiary/aromatic N) is 4. The molecule has 1 atom stereocenters. The number of rotatable bonds is 16. The number of unbranched alkanes of at least 4 members (excludes halogenated alkanes) is 2. The van der Waals surface area contributed by atoms with Gasteiger partial charge < -0.3 is 19.5 Å². The Morgan fingerprint density at radius 2 is 1.58 bits per heavy atom. The molecular formula is C44H41BrN4O3S. The summed E-state index contributed by atoms with van der Waals surface area (Å²) in [5.41, 5.74) is 3.32. The second kappa shape index (κ2) is 18.9. The van der Waals surface area contributed by atoms with E-state index in [9.17, 15) is 20.9 Å². The minimum atomic E-state index is -1.09. The summed E-state index contributed by atoms with van der Waals surface area (Å²) >= 11 is 5.07. The van der Waals surface area contributed by atoms with Crippen LogP contribution in [0.2, 0.25) is 0 Å². The van der Waals surface area contributed by atoms with E-state index in [0.29, 0.717) is 12.2 Å². The highest BCUT2D eigenvalue weighted by molar-refractivity contribution is 9.10. The van der Waals surface area contributed by atoms with Gasteiger partial charge in [-0.3, -0.25) is 0 Å². The summed E-state index contributed by atoms with van der Waals surface area (Å²) in [6, 6.07) is 34.1. The maximum absolute atomic E-state index is 10.2. The smallest absolute Gasteiger partial charge is 0.172 e. The maximum Gasteiger partial charge on any atom is 0.172 e. The number of anilines is 1. The molecular weight excluding hydrogens is 744 g/mol. The Kier molecular flexibility index (Phi) is 13.9. The van der Waals surface area contributed by atoms with Gasteiger partial charge in [-0.25, -0.2) is 0 Å². The number of nitriles is 3. The first kappa shape index (κ1) is 38.9. The molecule has 1 N–H and O–H groups in total. The van der Waals surface area contributed by atoms with Crippen molar-refractivity contribution in [3.05, 3.63) is 144 Å². The fourth-order valence-electron chi connectivity index (χ4n) is 6.05. The molecule has 53 heavy (non-hydrogen) atoms. The van der Waals surface area contributed by atoms with Crippen LogP contribution >= 0.6 is 27.3 Å². The third-order valence-electron chi connectivity index (χ3n) is 8.98. The van der Waals surface area contributed by atoms with E-state index in [1.165, 1.54) is 0 Å². The van der Waals surface area contributed by atoms with Crippen LogP contribution in [-0.2, 0) is 16.9 Å². The van der Waals surface area contributed by atoms with E-state index in [2.05, 4.69) is 76.3 Å². The molecule has 0 bridgehead atoms. The highest BCUT2D eigenvalue weighted by Gasteiger charge is 2.43. The van der Waals surface area contributed by atoms with E-state index in [-0.39, 0.29) is 23.5 Å². The third kappa shape index (κ3) is 9.74. The molecule has 1 aliphatic rings. The number of thiophene rings is 1. The molecule has 0 spiro atoms. The van der Waals surface area contributed by atoms with E-state index >= 15 is 0 Å². The van der Waals surface area contributed by atoms with Crippen LogP contribution in [0.4, 0.5) is 5.69 Å². The second-order valence-electron chi connectivity index (χ2n) is 12.6. The average molecular weight is 786 g/mol. The molecule has 7 nitrogen and oxygen atoms in total. The van der Waals surface area contributed by atoms with Crippen LogP contribution in [0.3, 0.4) is 0 Å². The number of aliphatic hydroxyl groups is 1. The second-order valence-corrected chi connectivity index (χ2v) is 14.7. The van der Waals surface area contributed by atoms with Gasteiger partial charge in [-0.1, -0.05) is 77.8 Å². The zero-order valence-electron chi connectivity index (χ0n) is 29.9. The van der Waals surface area contributed by atoms with Crippen molar-refractivity contribution in [2.75, 3.05) is 24.6 Å². The molecule has 0 radical (unpaired) electrons. The summed E-state index contributed by atoms with van der Waals surface area (Å²) in [5, 5.41) is 38.8. The highest BCUT2D eigenvalue weighted by atomic mass is 79.9. The molecule has 5 rings (SSSR count). The Labute approximate surface area is 324 Å². The minimum Gasteiger partial charge on any atom is -0.488 e. The highest BCUT2D eigenvalue weighted by Crippen LogP contribution is 2.47. The molecule has 0 aliphatic carbocycles. The molecule has 9 heteroatoms. The summed E-state index contributed by atoms with van der Waals surface area (Å²) in [4.78, 5) is 4.36. The number of hydrogen-bond acceptors (Lipinski definition) is 8. The zero-order valence-corrected chi connectivity index (χ0v) is 32.3. The molecule has 1 aromatic heterocycles. The summed E-state index contributed by atoms with van der Waals surface area (Å²) in [6.45, 7) is 6.49. The van der Waals surface area contributed by atoms with Crippen LogP contribution in [0.15, 0.2) is 118 Å². The summed E-state index contributed by atoms with van der Waals surface area (Å²) in [7, 11) is 0. The van der Waals surface area contributed by atoms with Crippen LogP contribution < -0.4 is 9.64 Å². The predicted molar refractivity (Wildman–Crippen MR) is 216 cm³/mol. The van der Waals surface area contributed by atoms with Crippen molar-refractivity contribution in [1.82, 2.24) is 0 Å². The van der Waals surface area contributed by atoms with Gasteiger partial charge in [0, 0.05) is 56.8 Å². The molecule has 1 aliphatic heterocycles. The average Bonchev–Trinajstić information content (AvgIpc) is 3.76. The van der Waals surface area contributed by atoms with Crippen LogP contribution in [0.5, 0.6) is 5.75 Å². The van der Waals surface area contributed by atoms with Crippen molar-refractivity contribution >= 4 is 51.2 Å². The van der Waals surface area contributed by atoms with Crippen molar-refractivity contribution in [3.63, 3.8) is 0 Å². The van der Waals surface area contributed by atoms with Gasteiger partial charge in [0.15, 0.2) is 16.9 Å². The van der Waals surface area contributed by atoms with Gasteiger partial charge >= 0.3 is 0 Å². The Morgan fingerprint density at radius 3 is 2.25 bits per heavy atom. The van der Waals surface area contributed by atoms with E-state index < -0.39 is 5.60 Å². The number of allylic oxidation sites excluding steroid dienone is 2. The van der Waals surface area contributed by atoms with Crippen LogP contribution in [0.1, 0.15) is 66.0 Å². The Hall–Kier alpha value is -5.37. The molecule has 268 valence electrons. The Balaban J connectivity index is 1.44. The molecule has 0 saturated heterocycles. The first-order valence-corrected chi connectivity index (χ1v) is 19.2. The molecule has 4 aromatic rings. The van der Waals surface area contributed by atoms with Crippen molar-refractivity contribution in [2.24, 2.45) is 0 Å². The van der Waals surface area contributed by atoms with Gasteiger partial charge in [0.05, 0.1) is 0 Å². The summed E-state index contributed by atoms with van der Waals surface area (Å²) < 4.78 is 13.6. The fraction of sp³-hybridized carbons (Fsp3) is 0.250. The molecule has 0 saturated carbocycles. The molecule has 0 fully saturated rings. The van der Waals surface area contributed by atoms with Crippen molar-refractivity contribution in [2.45, 2.75) is 51.7 Å². The van der Waals surface area contributed by atoms with E-state index in [0.717, 1.165) is 81.1 Å². The van der Waals surface area contributed by atoms with Crippen molar-refractivity contribution in [1.29, 1.82) is 15.8 Å². The van der Waals surface area contributed by atoms with E-state index in [1.54, 1.807) is 11.3 Å². The van der Waals surface area contributed by atoms with Crippen LogP contribution in [-0.4, -0.2) is 24.8 Å². The van der Waals surface area contributed by atoms with Gasteiger partial charge in [-0.15, -0.1) is 11.3 Å². The SMILES string of the molecule is CCCCN(CCCCO)c1ccc(/C=C/c2ccc(/C=C/C3=C(C#N)C(=C(C#N)C#N)OC3(C)c3ccc(Br)cc3)s2)c(OCc2ccccc2)c1. The quantitative estimate of drug-likeness (QED) is 0.0889. The minimum absolute atomic E-state index is 0.00711. The number of aliphatic hydroxyl groups excluding tert-OH is 1. The van der Waals surface area contributed by atoms with E-state index in [4.69, 9.17) is 9.47 Å². The third-order valence-corrected chi connectivity index (χ3v) is 10.5. The zero-order chi connectivity index (χ0) is 37.6. The lowest BCUT2D eigenvalue weighted by atomic mass is 9.86. The summed E-state index contributed by atoms with van der Waals surface area (Å²) in [6.07, 6.45) is 11.8. The Morgan fingerprint density at radius 1 is 0.887 bits per heavy atom. The van der Waals surface area contributed by atoms with E-state index in [1.807, 2.05) is 85.8 Å². The number of hydrogen-bond donors (Lipinski definition) is 1. The van der Waals surface area contributed by atoms with Crippen molar-refractivity contribution in [3.8, 4) is 24.0 Å². The molecule has 1 unspecified atom stereocenters. The first-order chi connectivity index (χ1) is 25.8. The Bertz CT molecular complexity index is 2120. The standard InChI is InChI=1S/C44H41BrN4O3S/c1-3-4-24-49(25-8-9-26-50)37-18-12-33(42(27-37)51-31-32-10-6-5-7-11-32)13-19-38-20-21-39(53-38)22-23-41-40(30-48)43(34(28-46)29-47)52-44(41,2)35-14-16-36(45)17-15-35/h5-7,10-23,27,50H,3-4,8-9,24-26,31H2,1-2H3/b19-13+,23-22+. The predicted octanol–water partition coefficient (Wildman–Crippen LogP) is 10.7. The summed E-state index contributed by atoms with van der Waals surface area (Å²) in [5.74, 6) is 0.789. The van der Waals surface area contributed by atoms with Gasteiger partial charge in [0.25, 0.3) is 0 Å². The normalized spacial score (nSPS) is 15.3. The first-order valence-electron chi connectivity index (χ1n) is 17.6. The largest absolute Gasteiger partial charge is 0.488 e. The fourth-order valence-corrected chi connectivity index (χ4v) is 7.13. The van der Waals surface area contributed by atoms with Gasteiger partial charge in [-0.2, -0.15) is 15.8 Å². The molecule has 0 amide bonds.